The third-order valence-electron chi connectivity index (χ3n) is 2.98. The summed E-state index contributed by atoms with van der Waals surface area (Å²) in [7, 11) is 0. The van der Waals surface area contributed by atoms with Crippen LogP contribution in [0.2, 0.25) is 0 Å². The molecular formula is C14H20O4. The molecule has 1 aliphatic rings. The van der Waals surface area contributed by atoms with Crippen LogP contribution in [0.5, 0.6) is 5.75 Å². The lowest BCUT2D eigenvalue weighted by atomic mass is 10.0. The van der Waals surface area contributed by atoms with Crippen LogP contribution in [-0.2, 0) is 15.9 Å². The number of fused-ring (bicyclic) bond motifs is 1. The van der Waals surface area contributed by atoms with E-state index in [1.165, 1.54) is 0 Å². The van der Waals surface area contributed by atoms with Gasteiger partial charge < -0.3 is 19.3 Å². The first-order chi connectivity index (χ1) is 8.77. The molecular weight excluding hydrogens is 232 g/mol. The zero-order valence-corrected chi connectivity index (χ0v) is 10.9. The highest BCUT2D eigenvalue weighted by atomic mass is 16.7. The molecule has 1 atom stereocenters. The fourth-order valence-electron chi connectivity index (χ4n) is 2.18. The molecule has 0 aliphatic carbocycles. The predicted molar refractivity (Wildman–Crippen MR) is 67.6 cm³/mol. The Morgan fingerprint density at radius 1 is 1.28 bits per heavy atom. The molecule has 1 N–H and O–H groups in total. The number of aliphatic hydroxyl groups excluding tert-OH is 1. The number of para-hydroxylation sites is 1. The van der Waals surface area contributed by atoms with Crippen LogP contribution < -0.4 is 4.74 Å². The van der Waals surface area contributed by atoms with Crippen LogP contribution in [0.15, 0.2) is 18.2 Å². The van der Waals surface area contributed by atoms with Gasteiger partial charge >= 0.3 is 0 Å². The minimum absolute atomic E-state index is 0.498. The van der Waals surface area contributed by atoms with Crippen molar-refractivity contribution in [1.29, 1.82) is 0 Å². The second kappa shape index (κ2) is 6.18. The summed E-state index contributed by atoms with van der Waals surface area (Å²) in [5, 5.41) is 10.4. The fraction of sp³-hybridized carbons (Fsp3) is 0.571. The van der Waals surface area contributed by atoms with Crippen molar-refractivity contribution in [2.75, 3.05) is 19.8 Å². The van der Waals surface area contributed by atoms with E-state index in [0.29, 0.717) is 19.8 Å². The molecule has 0 radical (unpaired) electrons. The molecule has 0 saturated heterocycles. The van der Waals surface area contributed by atoms with Gasteiger partial charge in [0.1, 0.15) is 11.9 Å². The quantitative estimate of drug-likeness (QED) is 0.787. The molecule has 0 spiro atoms. The average molecular weight is 252 g/mol. The average Bonchev–Trinajstić information content (AvgIpc) is 2.85. The number of rotatable bonds is 6. The zero-order valence-electron chi connectivity index (χ0n) is 10.9. The zero-order chi connectivity index (χ0) is 13.0. The van der Waals surface area contributed by atoms with Crippen LogP contribution in [0.3, 0.4) is 0 Å². The van der Waals surface area contributed by atoms with Crippen LogP contribution in [0.4, 0.5) is 0 Å². The third-order valence-corrected chi connectivity index (χ3v) is 2.98. The molecule has 4 heteroatoms. The monoisotopic (exact) mass is 252 g/mol. The molecule has 0 bridgehead atoms. The van der Waals surface area contributed by atoms with Crippen molar-refractivity contribution in [2.24, 2.45) is 0 Å². The highest BCUT2D eigenvalue weighted by Crippen LogP contribution is 2.35. The molecule has 1 aromatic carbocycles. The Labute approximate surface area is 107 Å². The van der Waals surface area contributed by atoms with E-state index in [-0.39, 0.29) is 0 Å². The van der Waals surface area contributed by atoms with Crippen LogP contribution in [0, 0.1) is 0 Å². The summed E-state index contributed by atoms with van der Waals surface area (Å²) in [5.74, 6) is 0.786. The lowest BCUT2D eigenvalue weighted by molar-refractivity contribution is -0.191. The Bertz CT molecular complexity index is 385. The van der Waals surface area contributed by atoms with Gasteiger partial charge in [-0.25, -0.2) is 0 Å². The van der Waals surface area contributed by atoms with E-state index in [9.17, 15) is 5.11 Å². The van der Waals surface area contributed by atoms with Gasteiger partial charge in [-0.3, -0.25) is 0 Å². The molecule has 1 heterocycles. The van der Waals surface area contributed by atoms with Gasteiger partial charge in [-0.1, -0.05) is 18.2 Å². The van der Waals surface area contributed by atoms with Gasteiger partial charge in [0, 0.05) is 25.2 Å². The number of hydrogen-bond donors (Lipinski definition) is 1. The van der Waals surface area contributed by atoms with Crippen LogP contribution in [0.1, 0.15) is 31.1 Å². The van der Waals surface area contributed by atoms with Crippen molar-refractivity contribution in [2.45, 2.75) is 32.7 Å². The van der Waals surface area contributed by atoms with Gasteiger partial charge in [0.05, 0.1) is 6.61 Å². The lowest BCUT2D eigenvalue weighted by Crippen LogP contribution is -2.26. The number of benzene rings is 1. The normalized spacial score (nSPS) is 15.6. The van der Waals surface area contributed by atoms with Gasteiger partial charge in [-0.15, -0.1) is 0 Å². The molecule has 0 fully saturated rings. The maximum Gasteiger partial charge on any atom is 0.187 e. The molecule has 0 saturated carbocycles. The maximum absolute atomic E-state index is 10.4. The Hall–Kier alpha value is -1.10. The fourth-order valence-corrected chi connectivity index (χ4v) is 2.18. The van der Waals surface area contributed by atoms with Crippen LogP contribution in [0.25, 0.3) is 0 Å². The first-order valence-corrected chi connectivity index (χ1v) is 6.43. The molecule has 4 nitrogen and oxygen atoms in total. The molecule has 1 aromatic rings. The van der Waals surface area contributed by atoms with E-state index < -0.39 is 12.4 Å². The van der Waals surface area contributed by atoms with E-state index in [2.05, 4.69) is 0 Å². The van der Waals surface area contributed by atoms with E-state index in [1.54, 1.807) is 0 Å². The standard InChI is InChI=1S/C14H20O4/c1-3-16-14(17-4-2)12(15)11-7-5-6-10-8-9-18-13(10)11/h5-7,12,14-15H,3-4,8-9H2,1-2H3. The van der Waals surface area contributed by atoms with Gasteiger partial charge in [0.2, 0.25) is 0 Å². The summed E-state index contributed by atoms with van der Waals surface area (Å²) >= 11 is 0. The van der Waals surface area contributed by atoms with Crippen molar-refractivity contribution in [3.8, 4) is 5.75 Å². The summed E-state index contributed by atoms with van der Waals surface area (Å²) in [6.07, 6.45) is -0.572. The third kappa shape index (κ3) is 2.66. The largest absolute Gasteiger partial charge is 0.493 e. The lowest BCUT2D eigenvalue weighted by Gasteiger charge is -2.24. The molecule has 1 unspecified atom stereocenters. The summed E-state index contributed by atoms with van der Waals surface area (Å²) in [6.45, 7) is 5.43. The van der Waals surface area contributed by atoms with Crippen molar-refractivity contribution in [3.05, 3.63) is 29.3 Å². The van der Waals surface area contributed by atoms with E-state index in [1.807, 2.05) is 32.0 Å². The SMILES string of the molecule is CCOC(OCC)C(O)c1cccc2c1OCC2. The molecule has 0 aromatic heterocycles. The van der Waals surface area contributed by atoms with Crippen LogP contribution >= 0.6 is 0 Å². The second-order valence-corrected chi connectivity index (χ2v) is 4.16. The molecule has 100 valence electrons. The number of aliphatic hydroxyl groups is 1. The minimum atomic E-state index is -0.821. The Morgan fingerprint density at radius 2 is 2.00 bits per heavy atom. The van der Waals surface area contributed by atoms with Crippen LogP contribution in [-0.4, -0.2) is 31.2 Å². The predicted octanol–water partition coefficient (Wildman–Crippen LogP) is 2.05. The second-order valence-electron chi connectivity index (χ2n) is 4.16. The highest BCUT2D eigenvalue weighted by molar-refractivity contribution is 5.45. The van der Waals surface area contributed by atoms with Gasteiger partial charge in [0.25, 0.3) is 0 Å². The Kier molecular flexibility index (Phi) is 4.58. The van der Waals surface area contributed by atoms with E-state index in [4.69, 9.17) is 14.2 Å². The maximum atomic E-state index is 10.4. The number of hydrogen-bond acceptors (Lipinski definition) is 4. The summed E-state index contributed by atoms with van der Waals surface area (Å²) < 4.78 is 16.4. The Morgan fingerprint density at radius 3 is 2.67 bits per heavy atom. The van der Waals surface area contributed by atoms with Crippen molar-refractivity contribution in [1.82, 2.24) is 0 Å². The molecule has 1 aliphatic heterocycles. The van der Waals surface area contributed by atoms with Gasteiger partial charge in [-0.05, 0) is 19.4 Å². The summed E-state index contributed by atoms with van der Waals surface area (Å²) in [4.78, 5) is 0. The topological polar surface area (TPSA) is 47.9 Å². The number of ether oxygens (including phenoxy) is 3. The van der Waals surface area contributed by atoms with Gasteiger partial charge in [0.15, 0.2) is 6.29 Å². The smallest absolute Gasteiger partial charge is 0.187 e. The van der Waals surface area contributed by atoms with Gasteiger partial charge in [-0.2, -0.15) is 0 Å². The first kappa shape index (κ1) is 13.3. The molecule has 2 rings (SSSR count). The molecule has 0 amide bonds. The summed E-state index contributed by atoms with van der Waals surface area (Å²) in [6, 6.07) is 5.82. The van der Waals surface area contributed by atoms with Crippen molar-refractivity contribution < 1.29 is 19.3 Å². The summed E-state index contributed by atoms with van der Waals surface area (Å²) in [5.41, 5.74) is 1.88. The first-order valence-electron chi connectivity index (χ1n) is 6.43. The van der Waals surface area contributed by atoms with Crippen molar-refractivity contribution in [3.63, 3.8) is 0 Å². The minimum Gasteiger partial charge on any atom is -0.493 e. The highest BCUT2D eigenvalue weighted by Gasteiger charge is 2.27. The van der Waals surface area contributed by atoms with Crippen molar-refractivity contribution >= 4 is 0 Å². The van der Waals surface area contributed by atoms with E-state index >= 15 is 0 Å². The molecule has 18 heavy (non-hydrogen) atoms. The van der Waals surface area contributed by atoms with E-state index in [0.717, 1.165) is 23.3 Å². The Balaban J connectivity index is 2.21.